The van der Waals surface area contributed by atoms with Gasteiger partial charge in [0.15, 0.2) is 0 Å². The highest BCUT2D eigenvalue weighted by Crippen LogP contribution is 2.17. The molecule has 0 bridgehead atoms. The SMILES string of the molecule is CCCn1c(CNC(=O)c2cccc(Br)c2)nc2ccccc21. The van der Waals surface area contributed by atoms with Crippen LogP contribution in [-0.2, 0) is 13.1 Å². The molecule has 0 aliphatic carbocycles. The van der Waals surface area contributed by atoms with Crippen LogP contribution in [0, 0.1) is 0 Å². The largest absolute Gasteiger partial charge is 0.345 e. The normalized spacial score (nSPS) is 10.9. The van der Waals surface area contributed by atoms with Crippen LogP contribution >= 0.6 is 15.9 Å². The Kier molecular flexibility index (Phi) is 4.76. The summed E-state index contributed by atoms with van der Waals surface area (Å²) < 4.78 is 3.07. The number of aryl methyl sites for hydroxylation is 1. The van der Waals surface area contributed by atoms with Crippen molar-refractivity contribution in [2.75, 3.05) is 0 Å². The maximum atomic E-state index is 12.3. The van der Waals surface area contributed by atoms with E-state index in [1.165, 1.54) is 0 Å². The third-order valence-electron chi connectivity index (χ3n) is 3.67. The molecule has 0 fully saturated rings. The number of nitrogens with one attached hydrogen (secondary N) is 1. The van der Waals surface area contributed by atoms with Crippen molar-refractivity contribution < 1.29 is 4.79 Å². The summed E-state index contributed by atoms with van der Waals surface area (Å²) in [5, 5.41) is 2.96. The van der Waals surface area contributed by atoms with Gasteiger partial charge in [0.05, 0.1) is 17.6 Å². The van der Waals surface area contributed by atoms with E-state index in [2.05, 4.69) is 43.8 Å². The predicted octanol–water partition coefficient (Wildman–Crippen LogP) is 4.14. The van der Waals surface area contributed by atoms with E-state index < -0.39 is 0 Å². The van der Waals surface area contributed by atoms with Gasteiger partial charge in [-0.2, -0.15) is 0 Å². The van der Waals surface area contributed by atoms with Gasteiger partial charge in [-0.25, -0.2) is 4.98 Å². The number of halogens is 1. The van der Waals surface area contributed by atoms with Crippen LogP contribution in [0.4, 0.5) is 0 Å². The van der Waals surface area contributed by atoms with Crippen LogP contribution in [-0.4, -0.2) is 15.5 Å². The van der Waals surface area contributed by atoms with Crippen LogP contribution in [0.1, 0.15) is 29.5 Å². The van der Waals surface area contributed by atoms with E-state index in [1.54, 1.807) is 6.07 Å². The Hall–Kier alpha value is -2.14. The Labute approximate surface area is 143 Å². The molecule has 0 atom stereocenters. The maximum Gasteiger partial charge on any atom is 0.251 e. The van der Waals surface area contributed by atoms with Crippen LogP contribution < -0.4 is 5.32 Å². The van der Waals surface area contributed by atoms with E-state index in [-0.39, 0.29) is 5.91 Å². The van der Waals surface area contributed by atoms with Gasteiger partial charge >= 0.3 is 0 Å². The van der Waals surface area contributed by atoms with Gasteiger partial charge in [-0.1, -0.05) is 41.1 Å². The minimum atomic E-state index is -0.0959. The number of carbonyl (C=O) groups excluding carboxylic acids is 1. The van der Waals surface area contributed by atoms with Crippen molar-refractivity contribution in [2.45, 2.75) is 26.4 Å². The zero-order chi connectivity index (χ0) is 16.2. The summed E-state index contributed by atoms with van der Waals surface area (Å²) in [5.74, 6) is 0.790. The predicted molar refractivity (Wildman–Crippen MR) is 95.3 cm³/mol. The third kappa shape index (κ3) is 3.45. The molecule has 1 aromatic heterocycles. The number of carbonyl (C=O) groups is 1. The number of amides is 1. The van der Waals surface area contributed by atoms with Crippen molar-refractivity contribution >= 4 is 32.9 Å². The molecule has 0 unspecified atom stereocenters. The first-order valence-corrected chi connectivity index (χ1v) is 8.46. The van der Waals surface area contributed by atoms with Crippen LogP contribution in [0.3, 0.4) is 0 Å². The van der Waals surface area contributed by atoms with Crippen molar-refractivity contribution in [1.29, 1.82) is 0 Å². The topological polar surface area (TPSA) is 46.9 Å². The number of nitrogens with zero attached hydrogens (tertiary/aromatic N) is 2. The Morgan fingerprint density at radius 1 is 1.22 bits per heavy atom. The highest BCUT2D eigenvalue weighted by atomic mass is 79.9. The first-order chi connectivity index (χ1) is 11.2. The van der Waals surface area contributed by atoms with Crippen molar-refractivity contribution in [3.63, 3.8) is 0 Å². The Balaban J connectivity index is 1.81. The minimum absolute atomic E-state index is 0.0959. The number of hydrogen-bond donors (Lipinski definition) is 1. The fraction of sp³-hybridized carbons (Fsp3) is 0.222. The third-order valence-corrected chi connectivity index (χ3v) is 4.17. The molecule has 118 valence electrons. The molecule has 23 heavy (non-hydrogen) atoms. The molecule has 0 spiro atoms. The number of hydrogen-bond acceptors (Lipinski definition) is 2. The Morgan fingerprint density at radius 3 is 2.83 bits per heavy atom. The van der Waals surface area contributed by atoms with Crippen molar-refractivity contribution in [2.24, 2.45) is 0 Å². The number of imidazole rings is 1. The van der Waals surface area contributed by atoms with Crippen LogP contribution in [0.15, 0.2) is 53.0 Å². The average molecular weight is 372 g/mol. The maximum absolute atomic E-state index is 12.3. The average Bonchev–Trinajstić information content (AvgIpc) is 2.91. The standard InChI is InChI=1S/C18H18BrN3O/c1-2-10-22-16-9-4-3-8-15(16)21-17(22)12-20-18(23)13-6-5-7-14(19)11-13/h3-9,11H,2,10,12H2,1H3,(H,20,23). The molecule has 4 nitrogen and oxygen atoms in total. The first-order valence-electron chi connectivity index (χ1n) is 7.67. The van der Waals surface area contributed by atoms with E-state index in [1.807, 2.05) is 36.4 Å². The number of para-hydroxylation sites is 2. The molecule has 1 heterocycles. The van der Waals surface area contributed by atoms with Crippen molar-refractivity contribution in [3.05, 3.63) is 64.4 Å². The number of aromatic nitrogens is 2. The molecule has 0 saturated heterocycles. The Morgan fingerprint density at radius 2 is 2.04 bits per heavy atom. The fourth-order valence-corrected chi connectivity index (χ4v) is 3.02. The monoisotopic (exact) mass is 371 g/mol. The van der Waals surface area contributed by atoms with Gasteiger partial charge in [-0.05, 0) is 36.8 Å². The molecule has 0 radical (unpaired) electrons. The molecule has 1 amide bonds. The van der Waals surface area contributed by atoms with Crippen LogP contribution in [0.5, 0.6) is 0 Å². The summed E-state index contributed by atoms with van der Waals surface area (Å²) in [5.41, 5.74) is 2.71. The van der Waals surface area contributed by atoms with Gasteiger partial charge in [-0.15, -0.1) is 0 Å². The summed E-state index contributed by atoms with van der Waals surface area (Å²) in [6, 6.07) is 15.4. The van der Waals surface area contributed by atoms with Gasteiger partial charge in [0.1, 0.15) is 5.82 Å². The molecule has 2 aromatic carbocycles. The lowest BCUT2D eigenvalue weighted by Gasteiger charge is -2.09. The number of fused-ring (bicyclic) bond motifs is 1. The van der Waals surface area contributed by atoms with E-state index in [4.69, 9.17) is 0 Å². The molecular weight excluding hydrogens is 354 g/mol. The summed E-state index contributed by atoms with van der Waals surface area (Å²) in [4.78, 5) is 16.9. The second-order valence-corrected chi connectivity index (χ2v) is 6.28. The van der Waals surface area contributed by atoms with E-state index in [9.17, 15) is 4.79 Å². The minimum Gasteiger partial charge on any atom is -0.345 e. The van der Waals surface area contributed by atoms with Gasteiger partial charge < -0.3 is 9.88 Å². The highest BCUT2D eigenvalue weighted by molar-refractivity contribution is 9.10. The lowest BCUT2D eigenvalue weighted by atomic mass is 10.2. The van der Waals surface area contributed by atoms with Gasteiger partial charge in [0, 0.05) is 16.6 Å². The lowest BCUT2D eigenvalue weighted by molar-refractivity contribution is 0.0949. The van der Waals surface area contributed by atoms with E-state index >= 15 is 0 Å². The molecule has 1 N–H and O–H groups in total. The lowest BCUT2D eigenvalue weighted by Crippen LogP contribution is -2.24. The van der Waals surface area contributed by atoms with E-state index in [0.29, 0.717) is 12.1 Å². The molecular formula is C18H18BrN3O. The van der Waals surface area contributed by atoms with Crippen molar-refractivity contribution in [3.8, 4) is 0 Å². The van der Waals surface area contributed by atoms with Crippen molar-refractivity contribution in [1.82, 2.24) is 14.9 Å². The van der Waals surface area contributed by atoms with Gasteiger partial charge in [-0.3, -0.25) is 4.79 Å². The first kappa shape index (κ1) is 15.7. The van der Waals surface area contributed by atoms with Crippen LogP contribution in [0.25, 0.3) is 11.0 Å². The molecule has 3 aromatic rings. The highest BCUT2D eigenvalue weighted by Gasteiger charge is 2.12. The fourth-order valence-electron chi connectivity index (χ4n) is 2.62. The summed E-state index contributed by atoms with van der Waals surface area (Å²) in [6.45, 7) is 3.45. The molecule has 0 aliphatic heterocycles. The quantitative estimate of drug-likeness (QED) is 0.732. The summed E-state index contributed by atoms with van der Waals surface area (Å²) >= 11 is 3.39. The molecule has 0 saturated carbocycles. The second kappa shape index (κ2) is 6.96. The zero-order valence-electron chi connectivity index (χ0n) is 12.9. The zero-order valence-corrected chi connectivity index (χ0v) is 14.5. The van der Waals surface area contributed by atoms with Crippen LogP contribution in [0.2, 0.25) is 0 Å². The van der Waals surface area contributed by atoms with E-state index in [0.717, 1.165) is 34.3 Å². The number of benzene rings is 2. The Bertz CT molecular complexity index is 841. The van der Waals surface area contributed by atoms with Gasteiger partial charge in [0.25, 0.3) is 5.91 Å². The summed E-state index contributed by atoms with van der Waals surface area (Å²) in [6.07, 6.45) is 1.02. The second-order valence-electron chi connectivity index (χ2n) is 5.36. The molecule has 5 heteroatoms. The summed E-state index contributed by atoms with van der Waals surface area (Å²) in [7, 11) is 0. The number of rotatable bonds is 5. The van der Waals surface area contributed by atoms with Gasteiger partial charge in [0.2, 0.25) is 0 Å². The molecule has 0 aliphatic rings. The molecule has 3 rings (SSSR count). The smallest absolute Gasteiger partial charge is 0.251 e.